The number of aliphatic hydroxyl groups excluding tert-OH is 2. The van der Waals surface area contributed by atoms with Crippen LogP contribution in [0.2, 0.25) is 0 Å². The van der Waals surface area contributed by atoms with Crippen molar-refractivity contribution >= 4 is 81.1 Å². The third-order valence-corrected chi connectivity index (χ3v) is 15.8. The van der Waals surface area contributed by atoms with Gasteiger partial charge in [-0.3, -0.25) is 33.6 Å². The number of carbonyl (C=O) groups is 10. The quantitative estimate of drug-likeness (QED) is 0.00439. The first-order chi connectivity index (χ1) is 55.1. The first-order valence-corrected chi connectivity index (χ1v) is 36.2. The molecule has 33 heteroatoms. The number of fused-ring (bicyclic) bond motifs is 2. The number of epoxide rings is 2. The van der Waals surface area contributed by atoms with E-state index in [1.807, 2.05) is 0 Å². The van der Waals surface area contributed by atoms with Gasteiger partial charge in [0.05, 0.1) is 68.3 Å². The third kappa shape index (κ3) is 30.6. The van der Waals surface area contributed by atoms with Crippen LogP contribution in [0.15, 0.2) is 154 Å². The molecule has 116 heavy (non-hydrogen) atoms. The molecule has 0 saturated carbocycles. The number of halogens is 1. The lowest BCUT2D eigenvalue weighted by Gasteiger charge is -2.18. The predicted octanol–water partition coefficient (Wildman–Crippen LogP) is 10.0. The normalized spacial score (nSPS) is 13.4. The van der Waals surface area contributed by atoms with Gasteiger partial charge in [0.15, 0.2) is 40.1 Å². The number of carbonyl (C=O) groups excluding carboxylic acids is 10. The summed E-state index contributed by atoms with van der Waals surface area (Å²) in [4.78, 5) is 126. The summed E-state index contributed by atoms with van der Waals surface area (Å²) in [5.74, 6) is -3.70. The highest BCUT2D eigenvalue weighted by molar-refractivity contribution is 6.29. The Hall–Kier alpha value is -12.9. The van der Waals surface area contributed by atoms with Gasteiger partial charge in [0.25, 0.3) is 0 Å². The number of allylic oxidation sites excluding steroid dienone is 1. The molecule has 0 amide bonds. The second-order valence-corrected chi connectivity index (χ2v) is 24.9. The lowest BCUT2D eigenvalue weighted by atomic mass is 9.90. The molecule has 4 unspecified atom stereocenters. The highest BCUT2D eigenvalue weighted by Crippen LogP contribution is 2.32. The van der Waals surface area contributed by atoms with Crippen molar-refractivity contribution in [2.75, 3.05) is 78.6 Å². The molecule has 2 saturated heterocycles. The smallest absolute Gasteiger partial charge is 0.417 e. The first kappa shape index (κ1) is 93.7. The molecule has 7 aromatic carbocycles. The number of aromatic hydroxyl groups is 7. The molecule has 2 fully saturated rings. The summed E-state index contributed by atoms with van der Waals surface area (Å²) >= 11 is 5.27. The summed E-state index contributed by atoms with van der Waals surface area (Å²) in [7, 11) is 0. The first-order valence-electron chi connectivity index (χ1n) is 35.6. The van der Waals surface area contributed by atoms with Crippen LogP contribution in [-0.2, 0) is 49.2 Å². The Labute approximate surface area is 669 Å². The molecular weight excluding hydrogens is 1540 g/mol. The largest absolute Gasteiger partial charge is 0.508 e. The zero-order valence-electron chi connectivity index (χ0n) is 64.6. The highest BCUT2D eigenvalue weighted by Gasteiger charge is 2.27. The van der Waals surface area contributed by atoms with Gasteiger partial charge in [-0.15, -0.1) is 11.6 Å². The van der Waals surface area contributed by atoms with Gasteiger partial charge >= 0.3 is 23.9 Å². The Morgan fingerprint density at radius 3 is 1.35 bits per heavy atom. The monoisotopic (exact) mass is 1630 g/mol. The summed E-state index contributed by atoms with van der Waals surface area (Å²) in [5.41, 5.74) is 1.61. The van der Waals surface area contributed by atoms with E-state index < -0.39 is 41.5 Å². The second-order valence-electron chi connectivity index (χ2n) is 24.6. The number of phenolic OH excluding ortho intramolecular Hbond substituents is 7. The van der Waals surface area contributed by atoms with Crippen molar-refractivity contribution < 1.29 is 150 Å². The van der Waals surface area contributed by atoms with Crippen LogP contribution in [-0.4, -0.2) is 208 Å². The van der Waals surface area contributed by atoms with Gasteiger partial charge in [0, 0.05) is 23.6 Å². The van der Waals surface area contributed by atoms with E-state index in [9.17, 15) is 78.3 Å². The molecule has 1 aliphatic carbocycles. The molecule has 1 aromatic heterocycles. The van der Waals surface area contributed by atoms with Crippen LogP contribution < -0.4 is 29.1 Å². The number of ether oxygens (including phenoxy) is 11. The number of aliphatic hydroxyl groups is 2. The van der Waals surface area contributed by atoms with Crippen LogP contribution in [0.4, 0.5) is 0 Å². The molecule has 8 aromatic rings. The molecule has 2 aliphatic heterocycles. The summed E-state index contributed by atoms with van der Waals surface area (Å²) < 4.78 is 61.2. The maximum Gasteiger partial charge on any atom is 0.417 e. The maximum absolute atomic E-state index is 12.6. The zero-order chi connectivity index (χ0) is 85.9. The Morgan fingerprint density at radius 2 is 0.888 bits per heavy atom. The van der Waals surface area contributed by atoms with Crippen molar-refractivity contribution in [2.24, 2.45) is 0 Å². The second kappa shape index (κ2) is 47.0. The van der Waals surface area contributed by atoms with E-state index in [2.05, 4.69) is 9.47 Å². The fourth-order valence-electron chi connectivity index (χ4n) is 9.68. The van der Waals surface area contributed by atoms with Gasteiger partial charge in [0.2, 0.25) is 5.76 Å². The molecule has 0 spiro atoms. The highest BCUT2D eigenvalue weighted by atomic mass is 35.5. The summed E-state index contributed by atoms with van der Waals surface area (Å²) in [6.45, 7) is 15.4. The van der Waals surface area contributed by atoms with Crippen molar-refractivity contribution in [2.45, 2.75) is 93.2 Å². The lowest BCUT2D eigenvalue weighted by Crippen LogP contribution is -2.25. The number of alkyl halides is 1. The molecule has 0 radical (unpaired) electrons. The molecule has 3 aliphatic rings. The van der Waals surface area contributed by atoms with Gasteiger partial charge in [-0.2, -0.15) is 0 Å². The minimum absolute atomic E-state index is 0.0162. The minimum Gasteiger partial charge on any atom is -0.508 e. The van der Waals surface area contributed by atoms with E-state index in [1.54, 1.807) is 70.2 Å². The summed E-state index contributed by atoms with van der Waals surface area (Å²) in [6, 6.07) is 31.8. The van der Waals surface area contributed by atoms with Crippen molar-refractivity contribution in [1.29, 1.82) is 0 Å². The molecule has 0 bridgehead atoms. The van der Waals surface area contributed by atoms with Crippen molar-refractivity contribution in [3.8, 4) is 69.0 Å². The lowest BCUT2D eigenvalue weighted by molar-refractivity contribution is -0.167. The number of benzene rings is 7. The maximum atomic E-state index is 12.6. The Balaban J connectivity index is 0.000000265. The van der Waals surface area contributed by atoms with Gasteiger partial charge in [-0.25, -0.2) is 19.2 Å². The van der Waals surface area contributed by atoms with Crippen molar-refractivity contribution in [3.63, 3.8) is 0 Å². The van der Waals surface area contributed by atoms with Crippen LogP contribution in [0.25, 0.3) is 11.0 Å². The topological polar surface area (TPSA) is 491 Å². The summed E-state index contributed by atoms with van der Waals surface area (Å²) in [5, 5.41) is 85.4. The van der Waals surface area contributed by atoms with Crippen LogP contribution in [0, 0.1) is 0 Å². The number of ketones is 6. The van der Waals surface area contributed by atoms with E-state index in [-0.39, 0.29) is 196 Å². The average Bonchev–Trinajstić information content (AvgIpc) is 1.16. The Kier molecular flexibility index (Phi) is 37.9. The Morgan fingerprint density at radius 1 is 0.457 bits per heavy atom. The standard InChI is InChI=1S/C28H26O10.C19H20O7.C11H12O4.2C8H8O3.C6H10O4.C3H5ClO/c1-3-34-27(32)17-10-16-8-9-19(12-20(16)21(30)11-17)36-14-18(29)15-37-23-6-5-7-24-26(23)22(31)13-25(38-24)28(33)35-4-2;1-11(20)15-8-14(6-7-16(15)23)25-9-13(22)10-26-18-5-3-4-17(24)19(18)12(2)21;1-7(12)10-4-8(2-3-11(10)13)14-5-9-6-15-9;1-5(9)7-4-6(10)2-3-8(7)11;1-5(9)8-6(10)3-2-4-7(8)11;1-3-9-5(7)6(8)10-4-2;4-1-3-2-5-3/h5-9,11-13,18,29H,3-4,10,14-15H2,1-2H3;3-8,13,22-24H,9-10H2,1-2H3;2-4,9,13H,5-6H2,1H3;2*2-4,10-11H,1H3;3-4H2,1-2H3;3H,1-2H2. The van der Waals surface area contributed by atoms with E-state index in [0.717, 1.165) is 19.3 Å². The number of Topliss-reactive ketones (excluding diaryl/α,β-unsaturated/α-hetero) is 5. The number of phenols is 7. The van der Waals surface area contributed by atoms with Crippen LogP contribution in [0.1, 0.15) is 141 Å². The van der Waals surface area contributed by atoms with E-state index in [1.165, 1.54) is 126 Å². The predicted molar refractivity (Wildman–Crippen MR) is 414 cm³/mol. The number of hydrogen-bond acceptors (Lipinski definition) is 32. The number of esters is 4. The fraction of sp³-hybridized carbons (Fsp3) is 0.313. The minimum atomic E-state index is -1.07. The van der Waals surface area contributed by atoms with Crippen LogP contribution in [0.3, 0.4) is 0 Å². The van der Waals surface area contributed by atoms with Crippen molar-refractivity contribution in [1.82, 2.24) is 0 Å². The molecule has 9 N–H and O–H groups in total. The zero-order valence-corrected chi connectivity index (χ0v) is 65.3. The van der Waals surface area contributed by atoms with E-state index in [4.69, 9.17) is 79.1 Å². The molecule has 4 atom stereocenters. The Bertz CT molecular complexity index is 4820. The van der Waals surface area contributed by atoms with E-state index >= 15 is 0 Å². The molecule has 3 heterocycles. The number of hydrogen-bond donors (Lipinski definition) is 9. The van der Waals surface area contributed by atoms with Gasteiger partial charge < -0.3 is 102 Å². The van der Waals surface area contributed by atoms with Gasteiger partial charge in [-0.1, -0.05) is 24.3 Å². The SMILES string of the molecule is CC(=O)c1c(O)cccc1O.CC(=O)c1cc(O)ccc1O.CC(=O)c1cc(OCC(O)COc2cccc(O)c2C(C)=O)ccc1O.CC(=O)c1cc(OCC2CO2)ccc1O.CCOC(=O)C(=O)OCC.CCOC(=O)C1=CC(=O)c2cc(OCC(O)COc3cccc4oc(C(=O)OCC)cc(=O)c34)ccc2C1.ClCC1CO1. The van der Waals surface area contributed by atoms with Crippen LogP contribution >= 0.6 is 11.6 Å². The molecule has 620 valence electrons. The molecule has 32 nitrogen and oxygen atoms in total. The fourth-order valence-corrected chi connectivity index (χ4v) is 9.86. The third-order valence-electron chi connectivity index (χ3n) is 15.4. The van der Waals surface area contributed by atoms with Gasteiger partial charge in [-0.05, 0) is 177 Å². The van der Waals surface area contributed by atoms with Crippen LogP contribution in [0.5, 0.6) is 69.0 Å². The molecule has 11 rings (SSSR count). The number of rotatable bonds is 27. The van der Waals surface area contributed by atoms with Gasteiger partial charge in [0.1, 0.15) is 142 Å². The molecular formula is C83H89ClO32. The van der Waals surface area contributed by atoms with Crippen molar-refractivity contribution in [3.05, 3.63) is 200 Å². The summed E-state index contributed by atoms with van der Waals surface area (Å²) in [6.07, 6.45) is 0.0290. The average molecular weight is 1630 g/mol. The van der Waals surface area contributed by atoms with E-state index in [0.29, 0.717) is 52.5 Å².